The van der Waals surface area contributed by atoms with Gasteiger partial charge in [0.2, 0.25) is 0 Å². The average Bonchev–Trinajstić information content (AvgIpc) is 2.66. The number of nitrogens with two attached hydrogens (primary N) is 2. The van der Waals surface area contributed by atoms with Crippen molar-refractivity contribution in [1.82, 2.24) is 4.98 Å². The van der Waals surface area contributed by atoms with Crippen molar-refractivity contribution < 1.29 is 14.3 Å². The van der Waals surface area contributed by atoms with Crippen molar-refractivity contribution in [3.8, 4) is 11.5 Å². The molecule has 7 heteroatoms. The van der Waals surface area contributed by atoms with Crippen molar-refractivity contribution in [2.45, 2.75) is 26.8 Å². The summed E-state index contributed by atoms with van der Waals surface area (Å²) in [6.45, 7) is 5.74. The van der Waals surface area contributed by atoms with Crippen LogP contribution in [0.1, 0.15) is 20.8 Å². The van der Waals surface area contributed by atoms with E-state index in [0.717, 1.165) is 10.8 Å². The van der Waals surface area contributed by atoms with Gasteiger partial charge in [-0.3, -0.25) is 4.90 Å². The predicted molar refractivity (Wildman–Crippen MR) is 112 cm³/mol. The van der Waals surface area contributed by atoms with E-state index in [2.05, 4.69) is 4.98 Å². The molecule has 28 heavy (non-hydrogen) atoms. The second kappa shape index (κ2) is 8.04. The smallest absolute Gasteiger partial charge is 0.414 e. The highest BCUT2D eigenvalue weighted by molar-refractivity contribution is 5.98. The van der Waals surface area contributed by atoms with Gasteiger partial charge in [-0.15, -0.1) is 0 Å². The first-order chi connectivity index (χ1) is 13.4. The number of pyridine rings is 1. The SMILES string of the molecule is CCOC(=O)N(c1c(Oc2ccc(N)c3ccccc23)ccnc1N)C(C)C. The third-order valence-corrected chi connectivity index (χ3v) is 4.28. The highest BCUT2D eigenvalue weighted by Crippen LogP contribution is 2.40. The van der Waals surface area contributed by atoms with Crippen LogP contribution in [-0.4, -0.2) is 23.7 Å². The number of carbonyl (C=O) groups is 1. The van der Waals surface area contributed by atoms with Crippen molar-refractivity contribution in [3.63, 3.8) is 0 Å². The quantitative estimate of drug-likeness (QED) is 0.629. The molecule has 3 aromatic rings. The number of amides is 1. The number of hydrogen-bond donors (Lipinski definition) is 2. The van der Waals surface area contributed by atoms with E-state index < -0.39 is 6.09 Å². The van der Waals surface area contributed by atoms with E-state index >= 15 is 0 Å². The van der Waals surface area contributed by atoms with Gasteiger partial charge in [0.05, 0.1) is 6.61 Å². The number of aromatic nitrogens is 1. The number of carbonyl (C=O) groups excluding carboxylic acids is 1. The lowest BCUT2D eigenvalue weighted by Crippen LogP contribution is -2.38. The highest BCUT2D eigenvalue weighted by Gasteiger charge is 2.27. The molecular formula is C21H24N4O3. The van der Waals surface area contributed by atoms with E-state index in [9.17, 15) is 4.79 Å². The third kappa shape index (κ3) is 3.64. The molecule has 2 aromatic carbocycles. The van der Waals surface area contributed by atoms with E-state index in [1.165, 1.54) is 11.1 Å². The Labute approximate surface area is 163 Å². The Hall–Kier alpha value is -3.48. The van der Waals surface area contributed by atoms with Gasteiger partial charge in [-0.2, -0.15) is 0 Å². The Morgan fingerprint density at radius 1 is 1.07 bits per heavy atom. The molecule has 0 spiro atoms. The molecule has 146 valence electrons. The zero-order valence-electron chi connectivity index (χ0n) is 16.2. The summed E-state index contributed by atoms with van der Waals surface area (Å²) in [5.41, 5.74) is 13.2. The predicted octanol–water partition coefficient (Wildman–Crippen LogP) is 4.56. The maximum Gasteiger partial charge on any atom is 0.414 e. The van der Waals surface area contributed by atoms with Crippen molar-refractivity contribution in [2.24, 2.45) is 0 Å². The van der Waals surface area contributed by atoms with Crippen molar-refractivity contribution >= 4 is 34.1 Å². The molecule has 0 saturated carbocycles. The highest BCUT2D eigenvalue weighted by atomic mass is 16.6. The lowest BCUT2D eigenvalue weighted by atomic mass is 10.1. The van der Waals surface area contributed by atoms with Crippen LogP contribution < -0.4 is 21.1 Å². The summed E-state index contributed by atoms with van der Waals surface area (Å²) in [4.78, 5) is 18.1. The van der Waals surface area contributed by atoms with Gasteiger partial charge >= 0.3 is 6.09 Å². The van der Waals surface area contributed by atoms with Crippen LogP contribution in [0.2, 0.25) is 0 Å². The molecule has 1 amide bonds. The van der Waals surface area contributed by atoms with Crippen molar-refractivity contribution in [2.75, 3.05) is 23.0 Å². The maximum atomic E-state index is 12.5. The number of hydrogen-bond acceptors (Lipinski definition) is 6. The number of anilines is 3. The van der Waals surface area contributed by atoms with Crippen LogP contribution in [-0.2, 0) is 4.74 Å². The van der Waals surface area contributed by atoms with Gasteiger partial charge in [-0.1, -0.05) is 24.3 Å². The summed E-state index contributed by atoms with van der Waals surface area (Å²) in [7, 11) is 0. The Morgan fingerprint density at radius 3 is 2.46 bits per heavy atom. The Bertz CT molecular complexity index is 1000. The topological polar surface area (TPSA) is 104 Å². The second-order valence-corrected chi connectivity index (χ2v) is 6.51. The number of nitrogen functional groups attached to an aromatic ring is 2. The van der Waals surface area contributed by atoms with E-state index in [1.54, 1.807) is 25.1 Å². The second-order valence-electron chi connectivity index (χ2n) is 6.51. The molecule has 0 saturated heterocycles. The first-order valence-electron chi connectivity index (χ1n) is 9.09. The normalized spacial score (nSPS) is 10.9. The summed E-state index contributed by atoms with van der Waals surface area (Å²) in [6, 6.07) is 12.7. The van der Waals surface area contributed by atoms with Crippen LogP contribution in [0.5, 0.6) is 11.5 Å². The summed E-state index contributed by atoms with van der Waals surface area (Å²) in [6.07, 6.45) is 1.03. The van der Waals surface area contributed by atoms with Crippen LogP contribution in [0, 0.1) is 0 Å². The van der Waals surface area contributed by atoms with Crippen LogP contribution >= 0.6 is 0 Å². The molecule has 1 aromatic heterocycles. The zero-order valence-corrected chi connectivity index (χ0v) is 16.2. The summed E-state index contributed by atoms with van der Waals surface area (Å²) < 4.78 is 11.4. The number of fused-ring (bicyclic) bond motifs is 1. The molecule has 7 nitrogen and oxygen atoms in total. The summed E-state index contributed by atoms with van der Waals surface area (Å²) >= 11 is 0. The largest absolute Gasteiger partial charge is 0.454 e. The van der Waals surface area contributed by atoms with Gasteiger partial charge in [-0.25, -0.2) is 9.78 Å². The van der Waals surface area contributed by atoms with Gasteiger partial charge in [0.15, 0.2) is 11.6 Å². The van der Waals surface area contributed by atoms with Crippen LogP contribution in [0.3, 0.4) is 0 Å². The minimum atomic E-state index is -0.510. The standard InChI is InChI=1S/C21H24N4O3/c1-4-27-21(26)25(13(2)3)19-18(11-12-24-20(19)23)28-17-10-9-16(22)14-7-5-6-8-15(14)17/h5-13H,4,22H2,1-3H3,(H2,23,24). The minimum Gasteiger partial charge on any atom is -0.454 e. The number of benzene rings is 2. The average molecular weight is 380 g/mol. The fourth-order valence-electron chi connectivity index (χ4n) is 3.03. The monoisotopic (exact) mass is 380 g/mol. The van der Waals surface area contributed by atoms with Crippen molar-refractivity contribution in [1.29, 1.82) is 0 Å². The molecule has 3 rings (SSSR count). The zero-order chi connectivity index (χ0) is 20.3. The van der Waals surface area contributed by atoms with Crippen molar-refractivity contribution in [3.05, 3.63) is 48.7 Å². The minimum absolute atomic E-state index is 0.180. The van der Waals surface area contributed by atoms with Gasteiger partial charge < -0.3 is 20.9 Å². The summed E-state index contributed by atoms with van der Waals surface area (Å²) in [5, 5.41) is 1.74. The lowest BCUT2D eigenvalue weighted by Gasteiger charge is -2.28. The van der Waals surface area contributed by atoms with Gasteiger partial charge in [-0.05, 0) is 32.9 Å². The third-order valence-electron chi connectivity index (χ3n) is 4.28. The number of rotatable bonds is 5. The Morgan fingerprint density at radius 2 is 1.79 bits per heavy atom. The van der Waals surface area contributed by atoms with Gasteiger partial charge in [0, 0.05) is 34.8 Å². The molecule has 0 aliphatic carbocycles. The number of nitrogens with zero attached hydrogens (tertiary/aromatic N) is 2. The van der Waals surface area contributed by atoms with E-state index in [0.29, 0.717) is 22.9 Å². The first-order valence-corrected chi connectivity index (χ1v) is 9.09. The van der Waals surface area contributed by atoms with E-state index in [-0.39, 0.29) is 18.5 Å². The molecule has 1 heterocycles. The molecule has 0 aliphatic rings. The fraction of sp³-hybridized carbons (Fsp3) is 0.238. The lowest BCUT2D eigenvalue weighted by molar-refractivity contribution is 0.158. The van der Waals surface area contributed by atoms with Crippen LogP contribution in [0.15, 0.2) is 48.7 Å². The fourth-order valence-corrected chi connectivity index (χ4v) is 3.03. The molecular weight excluding hydrogens is 356 g/mol. The number of ether oxygens (including phenoxy) is 2. The first kappa shape index (κ1) is 19.3. The molecule has 0 aliphatic heterocycles. The molecule has 0 bridgehead atoms. The van der Waals surface area contributed by atoms with Gasteiger partial charge in [0.25, 0.3) is 0 Å². The van der Waals surface area contributed by atoms with Crippen LogP contribution in [0.25, 0.3) is 10.8 Å². The summed E-state index contributed by atoms with van der Waals surface area (Å²) in [5.74, 6) is 1.19. The molecule has 4 N–H and O–H groups in total. The molecule has 0 atom stereocenters. The molecule has 0 unspecified atom stereocenters. The van der Waals surface area contributed by atoms with Crippen LogP contribution in [0.4, 0.5) is 22.0 Å². The maximum absolute atomic E-state index is 12.5. The van der Waals surface area contributed by atoms with E-state index in [4.69, 9.17) is 20.9 Å². The molecule has 0 radical (unpaired) electrons. The molecule has 0 fully saturated rings. The Balaban J connectivity index is 2.11. The Kier molecular flexibility index (Phi) is 5.54. The van der Waals surface area contributed by atoms with Gasteiger partial charge in [0.1, 0.15) is 11.4 Å². The van der Waals surface area contributed by atoms with E-state index in [1.807, 2.05) is 38.1 Å².